The van der Waals surface area contributed by atoms with Crippen LogP contribution >= 0.6 is 0 Å². The number of rotatable bonds is 9. The fourth-order valence-corrected chi connectivity index (χ4v) is 5.28. The summed E-state index contributed by atoms with van der Waals surface area (Å²) in [6, 6.07) is 13.7. The zero-order chi connectivity index (χ0) is 29.1. The number of aromatic nitrogens is 6. The van der Waals surface area contributed by atoms with Crippen LogP contribution in [0.3, 0.4) is 0 Å². The molecule has 5 aromatic rings. The number of fused-ring (bicyclic) bond motifs is 1. The quantitative estimate of drug-likeness (QED) is 0.262. The van der Waals surface area contributed by atoms with Crippen LogP contribution in [0.4, 0.5) is 4.39 Å². The molecular weight excluding hydrogens is 539 g/mol. The molecule has 1 aliphatic heterocycles. The molecular formula is C30H29FN8O3. The number of piperidine rings is 1. The zero-order valence-electron chi connectivity index (χ0n) is 23.0. The first kappa shape index (κ1) is 27.2. The van der Waals surface area contributed by atoms with Gasteiger partial charge < -0.3 is 19.0 Å². The van der Waals surface area contributed by atoms with E-state index in [4.69, 9.17) is 19.7 Å². The van der Waals surface area contributed by atoms with Gasteiger partial charge in [0.1, 0.15) is 18.2 Å². The van der Waals surface area contributed by atoms with E-state index in [2.05, 4.69) is 24.5 Å². The number of hydrogen-bond acceptors (Lipinski definition) is 8. The lowest BCUT2D eigenvalue weighted by molar-refractivity contribution is 0.0601. The van der Waals surface area contributed by atoms with Crippen molar-refractivity contribution in [3.63, 3.8) is 0 Å². The predicted molar refractivity (Wildman–Crippen MR) is 150 cm³/mol. The van der Waals surface area contributed by atoms with Gasteiger partial charge in [-0.3, -0.25) is 9.58 Å². The first-order valence-electron chi connectivity index (χ1n) is 13.6. The molecule has 0 unspecified atom stereocenters. The molecule has 1 saturated heterocycles. The Kier molecular flexibility index (Phi) is 7.66. The van der Waals surface area contributed by atoms with Gasteiger partial charge in [0.25, 0.3) is 0 Å². The summed E-state index contributed by atoms with van der Waals surface area (Å²) in [5.41, 5.74) is 3.75. The summed E-state index contributed by atoms with van der Waals surface area (Å²) in [7, 11) is 1.37. The SMILES string of the molecule is COC(=O)c1ccc2nc(CN3CCC(n4ccc(OCc5ccc(C#N)cc5F)n4)CC3)n(Cc3cnc[nH]3)c2c1. The predicted octanol–water partition coefficient (Wildman–Crippen LogP) is 4.22. The summed E-state index contributed by atoms with van der Waals surface area (Å²) in [4.78, 5) is 26.8. The topological polar surface area (TPSA) is 127 Å². The number of ether oxygens (including phenoxy) is 2. The molecule has 0 radical (unpaired) electrons. The van der Waals surface area contributed by atoms with E-state index >= 15 is 0 Å². The number of carbonyl (C=O) groups excluding carboxylic acids is 1. The second-order valence-corrected chi connectivity index (χ2v) is 10.2. The molecule has 3 aromatic heterocycles. The number of aromatic amines is 1. The Morgan fingerprint density at radius 3 is 2.76 bits per heavy atom. The summed E-state index contributed by atoms with van der Waals surface area (Å²) in [5.74, 6) is 0.483. The largest absolute Gasteiger partial charge is 0.472 e. The molecule has 2 aromatic carbocycles. The lowest BCUT2D eigenvalue weighted by Crippen LogP contribution is -2.35. The number of likely N-dealkylation sites (tertiary alicyclic amines) is 1. The Labute approximate surface area is 241 Å². The molecule has 1 fully saturated rings. The van der Waals surface area contributed by atoms with Gasteiger partial charge in [0, 0.05) is 37.1 Å². The van der Waals surface area contributed by atoms with Gasteiger partial charge >= 0.3 is 5.97 Å². The molecule has 42 heavy (non-hydrogen) atoms. The van der Waals surface area contributed by atoms with E-state index in [-0.39, 0.29) is 24.2 Å². The minimum Gasteiger partial charge on any atom is -0.472 e. The van der Waals surface area contributed by atoms with Crippen LogP contribution in [0.1, 0.15) is 51.9 Å². The standard InChI is InChI=1S/C30H29FN8O3/c1-41-30(40)21-4-5-26-27(13-21)38(16-23-15-33-19-34-23)28(35-26)17-37-9-6-24(7-10-37)39-11-8-29(36-39)42-18-22-3-2-20(14-32)12-25(22)31/h2-5,8,11-13,15,19,24H,6-7,9-10,16-18H2,1H3,(H,33,34). The number of nitriles is 1. The molecule has 0 saturated carbocycles. The fourth-order valence-electron chi connectivity index (χ4n) is 5.28. The third-order valence-corrected chi connectivity index (χ3v) is 7.57. The number of halogens is 1. The molecule has 1 N–H and O–H groups in total. The van der Waals surface area contributed by atoms with Crippen LogP contribution in [0.2, 0.25) is 0 Å². The average molecular weight is 569 g/mol. The van der Waals surface area contributed by atoms with Gasteiger partial charge in [-0.25, -0.2) is 19.2 Å². The van der Waals surface area contributed by atoms with Gasteiger partial charge in [-0.05, 0) is 43.2 Å². The van der Waals surface area contributed by atoms with Crippen LogP contribution in [0.5, 0.6) is 5.88 Å². The fraction of sp³-hybridized carbons (Fsp3) is 0.300. The number of H-pyrrole nitrogens is 1. The van der Waals surface area contributed by atoms with Gasteiger partial charge in [0.15, 0.2) is 0 Å². The molecule has 6 rings (SSSR count). The number of nitrogens with one attached hydrogen (secondary N) is 1. The number of carbonyl (C=O) groups is 1. The van der Waals surface area contributed by atoms with Crippen molar-refractivity contribution in [3.8, 4) is 11.9 Å². The van der Waals surface area contributed by atoms with Gasteiger partial charge in [0.05, 0.1) is 66.5 Å². The second kappa shape index (κ2) is 11.8. The Morgan fingerprint density at radius 1 is 1.17 bits per heavy atom. The summed E-state index contributed by atoms with van der Waals surface area (Å²) in [6.07, 6.45) is 7.13. The highest BCUT2D eigenvalue weighted by atomic mass is 19.1. The third-order valence-electron chi connectivity index (χ3n) is 7.57. The maximum absolute atomic E-state index is 14.2. The molecule has 0 aliphatic carbocycles. The molecule has 0 spiro atoms. The number of hydrogen-bond donors (Lipinski definition) is 1. The van der Waals surface area contributed by atoms with Crippen molar-refractivity contribution in [2.24, 2.45) is 0 Å². The van der Waals surface area contributed by atoms with Crippen LogP contribution in [0, 0.1) is 17.1 Å². The normalized spacial score (nSPS) is 14.2. The highest BCUT2D eigenvalue weighted by Gasteiger charge is 2.24. The third kappa shape index (κ3) is 5.73. The van der Waals surface area contributed by atoms with Crippen molar-refractivity contribution >= 4 is 17.0 Å². The number of esters is 1. The van der Waals surface area contributed by atoms with E-state index in [1.54, 1.807) is 36.8 Å². The lowest BCUT2D eigenvalue weighted by atomic mass is 10.1. The Morgan fingerprint density at radius 2 is 2.02 bits per heavy atom. The van der Waals surface area contributed by atoms with Crippen molar-refractivity contribution < 1.29 is 18.7 Å². The maximum atomic E-state index is 14.2. The Hall–Kier alpha value is -5.02. The van der Waals surface area contributed by atoms with Crippen molar-refractivity contribution in [3.05, 3.63) is 95.2 Å². The van der Waals surface area contributed by atoms with Crippen LogP contribution in [-0.4, -0.2) is 60.4 Å². The monoisotopic (exact) mass is 568 g/mol. The molecule has 214 valence electrons. The van der Waals surface area contributed by atoms with E-state index in [9.17, 15) is 9.18 Å². The van der Waals surface area contributed by atoms with Crippen molar-refractivity contribution in [2.45, 2.75) is 38.6 Å². The average Bonchev–Trinajstić information content (AvgIpc) is 3.78. The molecule has 0 amide bonds. The van der Waals surface area contributed by atoms with Crippen LogP contribution in [0.25, 0.3) is 11.0 Å². The van der Waals surface area contributed by atoms with Gasteiger partial charge in [-0.1, -0.05) is 6.07 Å². The first-order valence-corrected chi connectivity index (χ1v) is 13.6. The molecule has 4 heterocycles. The summed E-state index contributed by atoms with van der Waals surface area (Å²) >= 11 is 0. The molecule has 1 aliphatic rings. The number of benzene rings is 2. The van der Waals surface area contributed by atoms with Gasteiger partial charge in [0.2, 0.25) is 5.88 Å². The zero-order valence-corrected chi connectivity index (χ0v) is 23.0. The highest BCUT2D eigenvalue weighted by Crippen LogP contribution is 2.26. The van der Waals surface area contributed by atoms with Crippen LogP contribution in [0.15, 0.2) is 61.2 Å². The second-order valence-electron chi connectivity index (χ2n) is 10.2. The van der Waals surface area contributed by atoms with Crippen molar-refractivity contribution in [1.82, 2.24) is 34.2 Å². The first-order chi connectivity index (χ1) is 20.5. The maximum Gasteiger partial charge on any atom is 0.337 e. The molecule has 12 heteroatoms. The molecule has 0 atom stereocenters. The minimum absolute atomic E-state index is 0.0354. The van der Waals surface area contributed by atoms with E-state index in [1.807, 2.05) is 29.1 Å². The number of nitrogens with zero attached hydrogens (tertiary/aromatic N) is 7. The summed E-state index contributed by atoms with van der Waals surface area (Å²) in [5, 5.41) is 13.5. The van der Waals surface area contributed by atoms with Crippen LogP contribution in [-0.2, 0) is 24.4 Å². The summed E-state index contributed by atoms with van der Waals surface area (Å²) in [6.45, 7) is 2.96. The van der Waals surface area contributed by atoms with Crippen LogP contribution < -0.4 is 4.74 Å². The highest BCUT2D eigenvalue weighted by molar-refractivity contribution is 5.93. The summed E-state index contributed by atoms with van der Waals surface area (Å²) < 4.78 is 28.9. The lowest BCUT2D eigenvalue weighted by Gasteiger charge is -2.31. The molecule has 11 nitrogen and oxygen atoms in total. The van der Waals surface area contributed by atoms with Gasteiger partial charge in [-0.15, -0.1) is 5.10 Å². The van der Waals surface area contributed by atoms with Crippen molar-refractivity contribution in [1.29, 1.82) is 5.26 Å². The van der Waals surface area contributed by atoms with E-state index in [0.717, 1.165) is 48.5 Å². The smallest absolute Gasteiger partial charge is 0.337 e. The Bertz CT molecular complexity index is 1750. The van der Waals surface area contributed by atoms with Crippen molar-refractivity contribution in [2.75, 3.05) is 20.2 Å². The number of methoxy groups -OCH3 is 1. The molecule has 0 bridgehead atoms. The minimum atomic E-state index is -0.470. The van der Waals surface area contributed by atoms with E-state index in [1.165, 1.54) is 13.2 Å². The van der Waals surface area contributed by atoms with E-state index < -0.39 is 5.82 Å². The number of imidazole rings is 2. The van der Waals surface area contributed by atoms with E-state index in [0.29, 0.717) is 30.1 Å². The van der Waals surface area contributed by atoms with Gasteiger partial charge in [-0.2, -0.15) is 5.26 Å². The Balaban J connectivity index is 1.11.